The fourth-order valence-corrected chi connectivity index (χ4v) is 0.827. The Morgan fingerprint density at radius 1 is 1.27 bits per heavy atom. The molecule has 86 valence electrons. The van der Waals surface area contributed by atoms with Crippen LogP contribution in [0.4, 0.5) is 13.2 Å². The summed E-state index contributed by atoms with van der Waals surface area (Å²) in [6.07, 6.45) is -4.94. The smallest absolute Gasteiger partial charge is 0.393 e. The molecule has 1 atom stereocenters. The molecule has 0 saturated carbocycles. The van der Waals surface area contributed by atoms with E-state index in [9.17, 15) is 13.2 Å². The molecular weight excluding hydrogens is 231 g/mol. The van der Waals surface area contributed by atoms with E-state index >= 15 is 0 Å². The highest BCUT2D eigenvalue weighted by atomic mass is 32.2. The monoisotopic (exact) mass is 240 g/mol. The van der Waals surface area contributed by atoms with E-state index in [2.05, 4.69) is 5.14 Å². The number of alkyl halides is 3. The zero-order chi connectivity index (χ0) is 11.9. The fraction of sp³-hybridized carbons (Fsp3) is 0.250. The largest absolute Gasteiger partial charge is 0.760 e. The molecule has 0 heterocycles. The van der Waals surface area contributed by atoms with E-state index in [0.717, 1.165) is 0 Å². The van der Waals surface area contributed by atoms with Gasteiger partial charge in [0, 0.05) is 11.3 Å². The van der Waals surface area contributed by atoms with Gasteiger partial charge in [0.2, 0.25) is 0 Å². The van der Waals surface area contributed by atoms with Crippen molar-refractivity contribution in [2.75, 3.05) is 0 Å². The van der Waals surface area contributed by atoms with Gasteiger partial charge in [-0.15, -0.1) is 0 Å². The Morgan fingerprint density at radius 2 is 1.67 bits per heavy atom. The van der Waals surface area contributed by atoms with Crippen LogP contribution in [0, 0.1) is 0 Å². The van der Waals surface area contributed by atoms with Crippen LogP contribution in [0.2, 0.25) is 0 Å². The summed E-state index contributed by atoms with van der Waals surface area (Å²) in [7, 11) is 0. The van der Waals surface area contributed by atoms with E-state index in [1.807, 2.05) is 0 Å². The van der Waals surface area contributed by atoms with E-state index in [0.29, 0.717) is 5.56 Å². The van der Waals surface area contributed by atoms with Gasteiger partial charge >= 0.3 is 6.18 Å². The average Bonchev–Trinajstić information content (AvgIpc) is 2.01. The predicted octanol–water partition coefficient (Wildman–Crippen LogP) is 1.53. The molecule has 1 aromatic carbocycles. The lowest BCUT2D eigenvalue weighted by Gasteiger charge is -2.04. The van der Waals surface area contributed by atoms with E-state index < -0.39 is 23.9 Å². The SMILES string of the molecule is FC(F)(F)Cc1ccccc1.NS(=O)[O-]. The van der Waals surface area contributed by atoms with Crippen LogP contribution in [-0.2, 0) is 17.7 Å². The molecule has 15 heavy (non-hydrogen) atoms. The van der Waals surface area contributed by atoms with Crippen LogP contribution in [0.3, 0.4) is 0 Å². The minimum Gasteiger partial charge on any atom is -0.760 e. The molecule has 7 heteroatoms. The summed E-state index contributed by atoms with van der Waals surface area (Å²) in [4.78, 5) is 0. The number of halogens is 3. The number of nitrogens with two attached hydrogens (primary N) is 1. The van der Waals surface area contributed by atoms with Gasteiger partial charge in [0.25, 0.3) is 0 Å². The molecular formula is C8H9F3NO2S-. The molecule has 0 fully saturated rings. The molecule has 0 aliphatic rings. The van der Waals surface area contributed by atoms with Crippen molar-refractivity contribution < 1.29 is 21.9 Å². The lowest BCUT2D eigenvalue weighted by Crippen LogP contribution is -2.11. The first-order valence-corrected chi connectivity index (χ1v) is 4.89. The maximum atomic E-state index is 11.7. The summed E-state index contributed by atoms with van der Waals surface area (Å²) in [6.45, 7) is 0. The highest BCUT2D eigenvalue weighted by Crippen LogP contribution is 2.20. The molecule has 1 unspecified atom stereocenters. The molecule has 0 radical (unpaired) electrons. The highest BCUT2D eigenvalue weighted by Gasteiger charge is 2.27. The Balaban J connectivity index is 0.000000423. The fourth-order valence-electron chi connectivity index (χ4n) is 0.827. The Hall–Kier alpha value is -0.920. The van der Waals surface area contributed by atoms with Crippen molar-refractivity contribution in [3.8, 4) is 0 Å². The number of rotatable bonds is 1. The standard InChI is InChI=1S/C8H7F3.H3NO2S/c9-8(10,11)6-7-4-2-1-3-5-7;1-4(2)3/h1-5H,6H2;1H2,(H,2,3)/p-1. The van der Waals surface area contributed by atoms with Crippen LogP contribution in [0.25, 0.3) is 0 Å². The first kappa shape index (κ1) is 14.1. The second-order valence-electron chi connectivity index (χ2n) is 2.54. The van der Waals surface area contributed by atoms with Crippen molar-refractivity contribution in [2.45, 2.75) is 12.6 Å². The van der Waals surface area contributed by atoms with Gasteiger partial charge in [-0.3, -0.25) is 9.35 Å². The maximum absolute atomic E-state index is 11.7. The summed E-state index contributed by atoms with van der Waals surface area (Å²) >= 11 is -2.36. The van der Waals surface area contributed by atoms with Crippen molar-refractivity contribution in [3.05, 3.63) is 35.9 Å². The third kappa shape index (κ3) is 11.0. The van der Waals surface area contributed by atoms with Gasteiger partial charge in [0.1, 0.15) is 0 Å². The summed E-state index contributed by atoms with van der Waals surface area (Å²) in [5, 5.41) is 4.03. The van der Waals surface area contributed by atoms with Crippen molar-refractivity contribution in [3.63, 3.8) is 0 Å². The van der Waals surface area contributed by atoms with Crippen LogP contribution in [-0.4, -0.2) is 14.9 Å². The van der Waals surface area contributed by atoms with Crippen LogP contribution in [0.1, 0.15) is 5.56 Å². The van der Waals surface area contributed by atoms with Gasteiger partial charge in [-0.2, -0.15) is 13.2 Å². The van der Waals surface area contributed by atoms with Gasteiger partial charge in [0.15, 0.2) is 0 Å². The molecule has 2 N–H and O–H groups in total. The normalized spacial score (nSPS) is 12.6. The lowest BCUT2D eigenvalue weighted by atomic mass is 10.1. The third-order valence-corrected chi connectivity index (χ3v) is 1.25. The third-order valence-electron chi connectivity index (χ3n) is 1.25. The predicted molar refractivity (Wildman–Crippen MR) is 49.3 cm³/mol. The first-order valence-electron chi connectivity index (χ1n) is 3.75. The van der Waals surface area contributed by atoms with Crippen LogP contribution >= 0.6 is 0 Å². The Bertz CT molecular complexity index is 299. The van der Waals surface area contributed by atoms with Gasteiger partial charge in [-0.25, -0.2) is 0 Å². The summed E-state index contributed by atoms with van der Waals surface area (Å²) in [5.74, 6) is 0. The molecule has 0 bridgehead atoms. The maximum Gasteiger partial charge on any atom is 0.393 e. The summed E-state index contributed by atoms with van der Waals surface area (Å²) in [5.41, 5.74) is 0.306. The van der Waals surface area contributed by atoms with Crippen molar-refractivity contribution in [2.24, 2.45) is 5.14 Å². The second kappa shape index (κ2) is 6.54. The summed E-state index contributed by atoms with van der Waals surface area (Å²) < 4.78 is 52.8. The first-order chi connectivity index (χ1) is 6.81. The number of benzene rings is 1. The molecule has 0 aliphatic carbocycles. The van der Waals surface area contributed by atoms with Crippen molar-refractivity contribution in [1.82, 2.24) is 0 Å². The molecule has 0 spiro atoms. The number of hydrogen-bond donors (Lipinski definition) is 1. The molecule has 0 aliphatic heterocycles. The lowest BCUT2D eigenvalue weighted by molar-refractivity contribution is -0.127. The van der Waals surface area contributed by atoms with Gasteiger partial charge < -0.3 is 4.55 Å². The van der Waals surface area contributed by atoms with Crippen LogP contribution in [0.15, 0.2) is 30.3 Å². The molecule has 0 saturated heterocycles. The highest BCUT2D eigenvalue weighted by molar-refractivity contribution is 7.76. The zero-order valence-electron chi connectivity index (χ0n) is 7.53. The zero-order valence-corrected chi connectivity index (χ0v) is 8.35. The molecule has 3 nitrogen and oxygen atoms in total. The quantitative estimate of drug-likeness (QED) is 0.756. The van der Waals surface area contributed by atoms with Gasteiger partial charge in [-0.1, -0.05) is 30.3 Å². The van der Waals surface area contributed by atoms with E-state index in [1.54, 1.807) is 18.2 Å². The topological polar surface area (TPSA) is 66.2 Å². The Morgan fingerprint density at radius 3 is 2.00 bits per heavy atom. The summed E-state index contributed by atoms with van der Waals surface area (Å²) in [6, 6.07) is 7.82. The van der Waals surface area contributed by atoms with Crippen LogP contribution < -0.4 is 5.14 Å². The van der Waals surface area contributed by atoms with Crippen molar-refractivity contribution in [1.29, 1.82) is 0 Å². The van der Waals surface area contributed by atoms with Crippen LogP contribution in [0.5, 0.6) is 0 Å². The Kier molecular flexibility index (Phi) is 6.14. The minimum absolute atomic E-state index is 0.306. The second-order valence-corrected chi connectivity index (χ2v) is 3.06. The van der Waals surface area contributed by atoms with E-state index in [-0.39, 0.29) is 0 Å². The average molecular weight is 240 g/mol. The Labute approximate surface area is 87.5 Å². The molecule has 1 aromatic rings. The molecule has 0 aromatic heterocycles. The number of hydrogen-bond acceptors (Lipinski definition) is 2. The molecule has 1 rings (SSSR count). The molecule has 0 amide bonds. The van der Waals surface area contributed by atoms with Gasteiger partial charge in [-0.05, 0) is 5.56 Å². The minimum atomic E-state index is -4.10. The van der Waals surface area contributed by atoms with Gasteiger partial charge in [0.05, 0.1) is 6.42 Å². The van der Waals surface area contributed by atoms with Crippen molar-refractivity contribution >= 4 is 11.3 Å². The van der Waals surface area contributed by atoms with E-state index in [1.165, 1.54) is 12.1 Å². The van der Waals surface area contributed by atoms with E-state index in [4.69, 9.17) is 8.76 Å².